The van der Waals surface area contributed by atoms with Crippen LogP contribution in [-0.4, -0.2) is 29.9 Å². The Kier molecular flexibility index (Phi) is 4.47. The molecule has 0 saturated carbocycles. The van der Waals surface area contributed by atoms with Crippen LogP contribution < -0.4 is 5.32 Å². The first kappa shape index (κ1) is 12.4. The van der Waals surface area contributed by atoms with Crippen molar-refractivity contribution in [2.24, 2.45) is 0 Å². The molecule has 0 spiro atoms. The van der Waals surface area contributed by atoms with Crippen molar-refractivity contribution in [2.45, 2.75) is 12.2 Å². The van der Waals surface area contributed by atoms with Crippen LogP contribution in [0.1, 0.15) is 11.7 Å². The van der Waals surface area contributed by atoms with Gasteiger partial charge < -0.3 is 15.5 Å². The van der Waals surface area contributed by atoms with Crippen molar-refractivity contribution in [3.8, 4) is 0 Å². The van der Waals surface area contributed by atoms with Crippen LogP contribution in [0, 0.1) is 5.82 Å². The standard InChI is InChI=1S/C10H13ClFNO2/c1-13-5-9(14)10(15)7-3-2-6(12)4-8(7)11/h2-4,9-10,13-15H,5H2,1H3. The summed E-state index contributed by atoms with van der Waals surface area (Å²) in [5.74, 6) is -0.473. The highest BCUT2D eigenvalue weighted by Crippen LogP contribution is 2.25. The molecule has 1 rings (SSSR count). The van der Waals surface area contributed by atoms with E-state index in [9.17, 15) is 14.6 Å². The monoisotopic (exact) mass is 233 g/mol. The molecule has 15 heavy (non-hydrogen) atoms. The largest absolute Gasteiger partial charge is 0.389 e. The first-order valence-corrected chi connectivity index (χ1v) is 4.89. The lowest BCUT2D eigenvalue weighted by Gasteiger charge is -2.18. The summed E-state index contributed by atoms with van der Waals surface area (Å²) in [5.41, 5.74) is 0.320. The van der Waals surface area contributed by atoms with Gasteiger partial charge in [-0.3, -0.25) is 0 Å². The molecule has 0 aliphatic rings. The molecule has 0 aliphatic heterocycles. The average Bonchev–Trinajstić information content (AvgIpc) is 2.17. The molecule has 3 nitrogen and oxygen atoms in total. The van der Waals surface area contributed by atoms with Gasteiger partial charge in [0.05, 0.1) is 6.10 Å². The van der Waals surface area contributed by atoms with E-state index in [4.69, 9.17) is 11.6 Å². The Morgan fingerprint density at radius 3 is 2.67 bits per heavy atom. The molecule has 2 unspecified atom stereocenters. The van der Waals surface area contributed by atoms with E-state index in [0.29, 0.717) is 5.56 Å². The van der Waals surface area contributed by atoms with Crippen LogP contribution in [0.3, 0.4) is 0 Å². The molecule has 0 heterocycles. The summed E-state index contributed by atoms with van der Waals surface area (Å²) in [6.45, 7) is 0.231. The molecule has 3 N–H and O–H groups in total. The minimum Gasteiger partial charge on any atom is -0.389 e. The Labute approximate surface area is 92.5 Å². The van der Waals surface area contributed by atoms with Crippen molar-refractivity contribution in [1.29, 1.82) is 0 Å². The molecular formula is C10H13ClFNO2. The number of aliphatic hydroxyl groups excluding tert-OH is 2. The molecule has 0 amide bonds. The van der Waals surface area contributed by atoms with E-state index >= 15 is 0 Å². The van der Waals surface area contributed by atoms with Gasteiger partial charge in [-0.2, -0.15) is 0 Å². The molecular weight excluding hydrogens is 221 g/mol. The first-order valence-electron chi connectivity index (χ1n) is 4.52. The molecule has 2 atom stereocenters. The quantitative estimate of drug-likeness (QED) is 0.730. The van der Waals surface area contributed by atoms with E-state index in [-0.39, 0.29) is 11.6 Å². The minimum atomic E-state index is -1.12. The van der Waals surface area contributed by atoms with Gasteiger partial charge in [-0.05, 0) is 19.2 Å². The maximum Gasteiger partial charge on any atom is 0.124 e. The highest BCUT2D eigenvalue weighted by Gasteiger charge is 2.20. The third-order valence-corrected chi connectivity index (χ3v) is 2.39. The number of hydrogen-bond acceptors (Lipinski definition) is 3. The summed E-state index contributed by atoms with van der Waals surface area (Å²) in [6, 6.07) is 3.66. The van der Waals surface area contributed by atoms with Crippen LogP contribution in [0.4, 0.5) is 4.39 Å². The Hall–Kier alpha value is -0.680. The fraction of sp³-hybridized carbons (Fsp3) is 0.400. The number of halogens is 2. The number of hydrogen-bond donors (Lipinski definition) is 3. The summed E-state index contributed by atoms with van der Waals surface area (Å²) in [6.07, 6.45) is -2.09. The third kappa shape index (κ3) is 3.14. The second kappa shape index (κ2) is 5.42. The second-order valence-corrected chi connectivity index (χ2v) is 3.64. The van der Waals surface area contributed by atoms with Crippen LogP contribution in [-0.2, 0) is 0 Å². The SMILES string of the molecule is CNCC(O)C(O)c1ccc(F)cc1Cl. The lowest BCUT2D eigenvalue weighted by molar-refractivity contribution is 0.0202. The highest BCUT2D eigenvalue weighted by molar-refractivity contribution is 6.31. The van der Waals surface area contributed by atoms with Gasteiger partial charge in [-0.25, -0.2) is 4.39 Å². The first-order chi connectivity index (χ1) is 7.06. The lowest BCUT2D eigenvalue weighted by atomic mass is 10.0. The highest BCUT2D eigenvalue weighted by atomic mass is 35.5. The van der Waals surface area contributed by atoms with Crippen molar-refractivity contribution in [2.75, 3.05) is 13.6 Å². The number of nitrogens with one attached hydrogen (secondary N) is 1. The maximum absolute atomic E-state index is 12.7. The Balaban J connectivity index is 2.86. The minimum absolute atomic E-state index is 0.109. The molecule has 1 aromatic carbocycles. The number of benzene rings is 1. The van der Waals surface area contributed by atoms with Gasteiger partial charge >= 0.3 is 0 Å². The van der Waals surface area contributed by atoms with Crippen LogP contribution in [0.5, 0.6) is 0 Å². The zero-order chi connectivity index (χ0) is 11.4. The molecule has 0 aliphatic carbocycles. The topological polar surface area (TPSA) is 52.5 Å². The summed E-state index contributed by atoms with van der Waals surface area (Å²) in [4.78, 5) is 0. The molecule has 0 fully saturated rings. The molecule has 5 heteroatoms. The van der Waals surface area contributed by atoms with Crippen molar-refractivity contribution in [3.05, 3.63) is 34.6 Å². The second-order valence-electron chi connectivity index (χ2n) is 3.24. The lowest BCUT2D eigenvalue weighted by Crippen LogP contribution is -2.29. The fourth-order valence-corrected chi connectivity index (χ4v) is 1.55. The van der Waals surface area contributed by atoms with Crippen molar-refractivity contribution >= 4 is 11.6 Å². The Morgan fingerprint density at radius 1 is 1.47 bits per heavy atom. The number of aliphatic hydroxyl groups is 2. The summed E-state index contributed by atoms with van der Waals surface area (Å²) >= 11 is 5.74. The molecule has 0 radical (unpaired) electrons. The predicted octanol–water partition coefficient (Wildman–Crippen LogP) is 1.09. The maximum atomic E-state index is 12.7. The smallest absolute Gasteiger partial charge is 0.124 e. The third-order valence-electron chi connectivity index (χ3n) is 2.06. The zero-order valence-corrected chi connectivity index (χ0v) is 9.00. The van der Waals surface area contributed by atoms with Crippen LogP contribution >= 0.6 is 11.6 Å². The molecule has 0 aromatic heterocycles. The summed E-state index contributed by atoms with van der Waals surface area (Å²) in [7, 11) is 1.65. The normalized spacial score (nSPS) is 15.0. The van der Waals surface area contributed by atoms with Gasteiger partial charge in [0.25, 0.3) is 0 Å². The molecule has 0 saturated heterocycles. The summed E-state index contributed by atoms with van der Waals surface area (Å²) < 4.78 is 12.7. The predicted molar refractivity (Wildman–Crippen MR) is 56.3 cm³/mol. The number of likely N-dealkylation sites (N-methyl/N-ethyl adjacent to an activating group) is 1. The molecule has 1 aromatic rings. The molecule has 0 bridgehead atoms. The Morgan fingerprint density at radius 2 is 2.13 bits per heavy atom. The van der Waals surface area contributed by atoms with E-state index in [1.54, 1.807) is 7.05 Å². The zero-order valence-electron chi connectivity index (χ0n) is 8.24. The van der Waals surface area contributed by atoms with Crippen LogP contribution in [0.2, 0.25) is 5.02 Å². The van der Waals surface area contributed by atoms with Crippen LogP contribution in [0.15, 0.2) is 18.2 Å². The van der Waals surface area contributed by atoms with Crippen molar-refractivity contribution < 1.29 is 14.6 Å². The van der Waals surface area contributed by atoms with Gasteiger partial charge in [0.15, 0.2) is 0 Å². The van der Waals surface area contributed by atoms with Gasteiger partial charge in [0.1, 0.15) is 11.9 Å². The summed E-state index contributed by atoms with van der Waals surface area (Å²) in [5, 5.41) is 22.0. The fourth-order valence-electron chi connectivity index (χ4n) is 1.27. The van der Waals surface area contributed by atoms with Gasteiger partial charge in [-0.15, -0.1) is 0 Å². The van der Waals surface area contributed by atoms with E-state index in [0.717, 1.165) is 6.07 Å². The van der Waals surface area contributed by atoms with Crippen molar-refractivity contribution in [3.63, 3.8) is 0 Å². The van der Waals surface area contributed by atoms with Gasteiger partial charge in [-0.1, -0.05) is 17.7 Å². The van der Waals surface area contributed by atoms with E-state index in [1.165, 1.54) is 12.1 Å². The average molecular weight is 234 g/mol. The van der Waals surface area contributed by atoms with Crippen LogP contribution in [0.25, 0.3) is 0 Å². The van der Waals surface area contributed by atoms with E-state index in [1.807, 2.05) is 0 Å². The van der Waals surface area contributed by atoms with E-state index < -0.39 is 18.0 Å². The van der Waals surface area contributed by atoms with E-state index in [2.05, 4.69) is 5.32 Å². The number of rotatable bonds is 4. The van der Waals surface area contributed by atoms with Gasteiger partial charge in [0, 0.05) is 17.1 Å². The Bertz CT molecular complexity index is 335. The van der Waals surface area contributed by atoms with Crippen molar-refractivity contribution in [1.82, 2.24) is 5.32 Å². The molecule has 84 valence electrons. The van der Waals surface area contributed by atoms with Gasteiger partial charge in [0.2, 0.25) is 0 Å².